The number of rotatable bonds is 15. The molecule has 0 aromatic carbocycles. The van der Waals surface area contributed by atoms with Crippen LogP contribution in [0.4, 0.5) is 9.59 Å². The second-order valence-electron chi connectivity index (χ2n) is 12.0. The number of unbranched alkanes of at least 4 members (excludes halogenated alkanes) is 3. The fourth-order valence-electron chi connectivity index (χ4n) is 5.82. The van der Waals surface area contributed by atoms with E-state index in [0.29, 0.717) is 26.1 Å². The maximum Gasteiger partial charge on any atom is 0.407 e. The van der Waals surface area contributed by atoms with E-state index in [1.807, 2.05) is 13.8 Å². The summed E-state index contributed by atoms with van der Waals surface area (Å²) in [6.45, 7) is 12.2. The number of methoxy groups -OCH3 is 1. The second kappa shape index (κ2) is 14.1. The van der Waals surface area contributed by atoms with Gasteiger partial charge in [0.15, 0.2) is 0 Å². The van der Waals surface area contributed by atoms with Crippen molar-refractivity contribution in [2.75, 3.05) is 33.4 Å². The summed E-state index contributed by atoms with van der Waals surface area (Å²) in [4.78, 5) is 25.1. The second-order valence-corrected chi connectivity index (χ2v) is 12.0. The molecule has 3 fully saturated rings. The topological polar surface area (TPSA) is 137 Å². The van der Waals surface area contributed by atoms with E-state index in [2.05, 4.69) is 37.5 Å². The number of allylic oxidation sites excluding steroid dienone is 1. The molecular formula is C29H51N3O7. The standard InChI is InChI=1S/C29H51N3O7/c1-19(2)11-12-23-28(5,39-23)25-24(35-6)22(13-14-29(25)18-37-29)38-27(34)32-21(20(3)4)17-36-26(33)31-16-10-8-7-9-15-30/h11,20-25H,7-10,12-18,30H2,1-6H3,(H,31,33)(H,32,34)/t21-,22?,23?,24?,25?,28+,29?/m0/s1. The number of carbonyl (C=O) groups excluding carboxylic acids is 2. The fourth-order valence-corrected chi connectivity index (χ4v) is 5.82. The van der Waals surface area contributed by atoms with Crippen LogP contribution < -0.4 is 16.4 Å². The number of carbonyl (C=O) groups is 2. The van der Waals surface area contributed by atoms with E-state index in [1.54, 1.807) is 7.11 Å². The van der Waals surface area contributed by atoms with Gasteiger partial charge in [-0.2, -0.15) is 0 Å². The third kappa shape index (κ3) is 8.55. The minimum absolute atomic E-state index is 0.0386. The van der Waals surface area contributed by atoms with E-state index in [0.717, 1.165) is 38.5 Å². The zero-order chi connectivity index (χ0) is 28.6. The van der Waals surface area contributed by atoms with E-state index in [-0.39, 0.29) is 42.3 Å². The van der Waals surface area contributed by atoms with Gasteiger partial charge < -0.3 is 40.1 Å². The highest BCUT2D eigenvalue weighted by Gasteiger charge is 2.72. The molecule has 0 radical (unpaired) electrons. The first-order chi connectivity index (χ1) is 18.6. The van der Waals surface area contributed by atoms with Crippen LogP contribution >= 0.6 is 0 Å². The first-order valence-electron chi connectivity index (χ1n) is 14.6. The Morgan fingerprint density at radius 3 is 2.49 bits per heavy atom. The monoisotopic (exact) mass is 553 g/mol. The lowest BCUT2D eigenvalue weighted by atomic mass is 9.68. The number of ether oxygens (including phenoxy) is 5. The summed E-state index contributed by atoms with van der Waals surface area (Å²) in [5.41, 5.74) is 6.08. The maximum atomic E-state index is 13.0. The number of amides is 2. The zero-order valence-corrected chi connectivity index (χ0v) is 24.8. The molecule has 2 aliphatic heterocycles. The van der Waals surface area contributed by atoms with Crippen molar-refractivity contribution in [1.29, 1.82) is 0 Å². The Labute approximate surface area is 234 Å². The number of hydrogen-bond donors (Lipinski definition) is 3. The predicted molar refractivity (Wildman–Crippen MR) is 148 cm³/mol. The Hall–Kier alpha value is -1.88. The van der Waals surface area contributed by atoms with Crippen LogP contribution in [0.15, 0.2) is 11.6 Å². The summed E-state index contributed by atoms with van der Waals surface area (Å²) in [7, 11) is 1.66. The number of nitrogens with two attached hydrogens (primary N) is 1. The smallest absolute Gasteiger partial charge is 0.407 e. The van der Waals surface area contributed by atoms with Gasteiger partial charge in [-0.3, -0.25) is 0 Å². The molecule has 2 heterocycles. The molecule has 1 aliphatic carbocycles. The summed E-state index contributed by atoms with van der Waals surface area (Å²) in [6.07, 6.45) is 6.68. The summed E-state index contributed by atoms with van der Waals surface area (Å²) in [5, 5.41) is 5.66. The number of epoxide rings is 2. The van der Waals surface area contributed by atoms with Crippen LogP contribution in [0.3, 0.4) is 0 Å². The Balaban J connectivity index is 1.51. The molecule has 0 aromatic heterocycles. The lowest BCUT2D eigenvalue weighted by Crippen LogP contribution is -2.56. The van der Waals surface area contributed by atoms with Gasteiger partial charge in [0, 0.05) is 13.7 Å². The van der Waals surface area contributed by atoms with Crippen molar-refractivity contribution in [3.05, 3.63) is 11.6 Å². The van der Waals surface area contributed by atoms with Gasteiger partial charge in [-0.25, -0.2) is 9.59 Å². The molecule has 7 atom stereocenters. The number of nitrogens with one attached hydrogen (secondary N) is 2. The molecule has 0 bridgehead atoms. The van der Waals surface area contributed by atoms with E-state index < -0.39 is 23.9 Å². The van der Waals surface area contributed by atoms with Gasteiger partial charge in [0.1, 0.15) is 30.0 Å². The van der Waals surface area contributed by atoms with Gasteiger partial charge in [-0.1, -0.05) is 38.3 Å². The highest BCUT2D eigenvalue weighted by Crippen LogP contribution is 2.59. The van der Waals surface area contributed by atoms with Crippen LogP contribution in [0, 0.1) is 11.8 Å². The third-order valence-corrected chi connectivity index (χ3v) is 8.40. The van der Waals surface area contributed by atoms with Crippen LogP contribution in [0.25, 0.3) is 0 Å². The molecule has 10 nitrogen and oxygen atoms in total. The minimum atomic E-state index is -0.543. The molecule has 1 spiro atoms. The van der Waals surface area contributed by atoms with Crippen molar-refractivity contribution in [2.45, 2.75) is 115 Å². The van der Waals surface area contributed by atoms with E-state index in [4.69, 9.17) is 29.4 Å². The average Bonchev–Trinajstić information content (AvgIpc) is 3.80. The summed E-state index contributed by atoms with van der Waals surface area (Å²) in [5.74, 6) is -0.00275. The first-order valence-corrected chi connectivity index (χ1v) is 14.6. The molecule has 224 valence electrons. The highest BCUT2D eigenvalue weighted by atomic mass is 16.6. The van der Waals surface area contributed by atoms with E-state index in [9.17, 15) is 9.59 Å². The lowest BCUT2D eigenvalue weighted by molar-refractivity contribution is -0.118. The summed E-state index contributed by atoms with van der Waals surface area (Å²) < 4.78 is 29.5. The summed E-state index contributed by atoms with van der Waals surface area (Å²) >= 11 is 0. The van der Waals surface area contributed by atoms with Crippen molar-refractivity contribution in [2.24, 2.45) is 17.6 Å². The quantitative estimate of drug-likeness (QED) is 0.157. The van der Waals surface area contributed by atoms with Gasteiger partial charge in [-0.05, 0) is 65.3 Å². The molecule has 2 saturated heterocycles. The Bertz CT molecular complexity index is 843. The van der Waals surface area contributed by atoms with Gasteiger partial charge in [0.05, 0.1) is 24.7 Å². The van der Waals surface area contributed by atoms with Crippen LogP contribution in [0.1, 0.15) is 79.6 Å². The van der Waals surface area contributed by atoms with Crippen molar-refractivity contribution < 1.29 is 33.3 Å². The molecule has 3 rings (SSSR count). The van der Waals surface area contributed by atoms with Gasteiger partial charge in [0.2, 0.25) is 0 Å². The maximum absolute atomic E-state index is 13.0. The highest BCUT2D eigenvalue weighted by molar-refractivity contribution is 5.69. The normalized spacial score (nSPS) is 31.9. The molecule has 2 amide bonds. The predicted octanol–water partition coefficient (Wildman–Crippen LogP) is 4.06. The fraction of sp³-hybridized carbons (Fsp3) is 0.862. The minimum Gasteiger partial charge on any atom is -0.447 e. The SMILES string of the molecule is COC1C(OC(=O)N[C@@H](COC(=O)NCCCCCCN)C(C)C)CCC2(CO2)C1[C@]1(C)OC1CC=C(C)C. The van der Waals surface area contributed by atoms with Gasteiger partial charge in [-0.15, -0.1) is 0 Å². The van der Waals surface area contributed by atoms with Crippen LogP contribution in [-0.2, 0) is 23.7 Å². The Morgan fingerprint density at radius 1 is 1.15 bits per heavy atom. The molecule has 4 N–H and O–H groups in total. The molecular weight excluding hydrogens is 502 g/mol. The molecule has 1 saturated carbocycles. The summed E-state index contributed by atoms with van der Waals surface area (Å²) in [6, 6.07) is -0.385. The van der Waals surface area contributed by atoms with Crippen LogP contribution in [0.2, 0.25) is 0 Å². The van der Waals surface area contributed by atoms with E-state index in [1.165, 1.54) is 5.57 Å². The van der Waals surface area contributed by atoms with E-state index >= 15 is 0 Å². The van der Waals surface area contributed by atoms with Crippen molar-refractivity contribution in [3.63, 3.8) is 0 Å². The molecule has 3 aliphatic rings. The Morgan fingerprint density at radius 2 is 1.87 bits per heavy atom. The molecule has 5 unspecified atom stereocenters. The zero-order valence-electron chi connectivity index (χ0n) is 24.8. The van der Waals surface area contributed by atoms with Crippen molar-refractivity contribution >= 4 is 12.2 Å². The first kappa shape index (κ1) is 31.6. The van der Waals surface area contributed by atoms with Gasteiger partial charge >= 0.3 is 12.2 Å². The van der Waals surface area contributed by atoms with Crippen LogP contribution in [-0.4, -0.2) is 81.2 Å². The molecule has 0 aromatic rings. The average molecular weight is 554 g/mol. The van der Waals surface area contributed by atoms with Crippen molar-refractivity contribution in [1.82, 2.24) is 10.6 Å². The molecule has 39 heavy (non-hydrogen) atoms. The Kier molecular flexibility index (Phi) is 11.5. The number of alkyl carbamates (subject to hydrolysis) is 2. The third-order valence-electron chi connectivity index (χ3n) is 8.40. The van der Waals surface area contributed by atoms with Crippen molar-refractivity contribution in [3.8, 4) is 0 Å². The lowest BCUT2D eigenvalue weighted by Gasteiger charge is -2.42. The van der Waals surface area contributed by atoms with Crippen LogP contribution in [0.5, 0.6) is 0 Å². The number of hydrogen-bond acceptors (Lipinski definition) is 8. The largest absolute Gasteiger partial charge is 0.447 e. The van der Waals surface area contributed by atoms with Gasteiger partial charge in [0.25, 0.3) is 0 Å². The molecule has 10 heteroatoms.